The normalized spacial score (nSPS) is 18.4. The van der Waals surface area contributed by atoms with Crippen LogP contribution < -0.4 is 0 Å². The number of hydrogen-bond acceptors (Lipinski definition) is 0. The monoisotopic (exact) mass is 262 g/mol. The summed E-state index contributed by atoms with van der Waals surface area (Å²) in [6.07, 6.45) is 0.458. The molecule has 0 unspecified atom stereocenters. The van der Waals surface area contributed by atoms with Crippen molar-refractivity contribution in [1.82, 2.24) is 0 Å². The van der Waals surface area contributed by atoms with Crippen LogP contribution in [0.1, 0.15) is 49.1 Å². The Bertz CT molecular complexity index is 392. The molecule has 4 heteroatoms. The Hall–Kier alpha value is -0.700. The van der Waals surface area contributed by atoms with Gasteiger partial charge in [-0.05, 0) is 30.4 Å². The lowest BCUT2D eigenvalue weighted by molar-refractivity contribution is -0.138. The minimum Gasteiger partial charge on any atom is -0.166 e. The molecule has 1 aromatic rings. The summed E-state index contributed by atoms with van der Waals surface area (Å²) in [7, 11) is 0. The summed E-state index contributed by atoms with van der Waals surface area (Å²) >= 11 is 5.71. The van der Waals surface area contributed by atoms with Gasteiger partial charge in [-0.2, -0.15) is 13.2 Å². The van der Waals surface area contributed by atoms with Crippen molar-refractivity contribution in [2.24, 2.45) is 0 Å². The molecule has 0 aliphatic heterocycles. The maximum absolute atomic E-state index is 13.0. The van der Waals surface area contributed by atoms with Gasteiger partial charge in [-0.1, -0.05) is 43.0 Å². The molecule has 2 rings (SSSR count). The minimum atomic E-state index is -4.36. The zero-order valence-electron chi connectivity index (χ0n) is 9.36. The third-order valence-electron chi connectivity index (χ3n) is 3.37. The summed E-state index contributed by atoms with van der Waals surface area (Å²) in [5.41, 5.74) is -0.252. The molecule has 0 spiro atoms. The molecule has 1 fully saturated rings. The fraction of sp³-hybridized carbons (Fsp3) is 0.538. The second kappa shape index (κ2) is 4.89. The van der Waals surface area contributed by atoms with Gasteiger partial charge in [0.25, 0.3) is 0 Å². The lowest BCUT2D eigenvalue weighted by Gasteiger charge is -2.25. The van der Waals surface area contributed by atoms with Crippen molar-refractivity contribution in [3.8, 4) is 0 Å². The van der Waals surface area contributed by atoms with Gasteiger partial charge in [0.15, 0.2) is 0 Å². The van der Waals surface area contributed by atoms with Crippen molar-refractivity contribution < 1.29 is 13.2 Å². The van der Waals surface area contributed by atoms with E-state index >= 15 is 0 Å². The standard InChI is InChI=1S/C13H14ClF3/c14-11-8-4-7-10(12(11)13(15,16)17)9-5-2-1-3-6-9/h4,7-9H,1-3,5-6H2. The molecule has 0 aromatic heterocycles. The molecule has 1 aromatic carbocycles. The maximum atomic E-state index is 13.0. The van der Waals surface area contributed by atoms with Crippen molar-refractivity contribution in [1.29, 1.82) is 0 Å². The first-order valence-corrected chi connectivity index (χ1v) is 6.23. The van der Waals surface area contributed by atoms with E-state index in [1.807, 2.05) is 0 Å². The van der Waals surface area contributed by atoms with Crippen LogP contribution >= 0.6 is 11.6 Å². The lowest BCUT2D eigenvalue weighted by atomic mass is 9.82. The van der Waals surface area contributed by atoms with Gasteiger partial charge in [0, 0.05) is 0 Å². The van der Waals surface area contributed by atoms with E-state index < -0.39 is 11.7 Å². The first kappa shape index (κ1) is 12.7. The number of alkyl halides is 3. The van der Waals surface area contributed by atoms with Crippen molar-refractivity contribution in [2.45, 2.75) is 44.2 Å². The summed E-state index contributed by atoms with van der Waals surface area (Å²) in [6.45, 7) is 0. The smallest absolute Gasteiger partial charge is 0.166 e. The zero-order chi connectivity index (χ0) is 12.5. The average molecular weight is 263 g/mol. The van der Waals surface area contributed by atoms with Crippen LogP contribution in [0.3, 0.4) is 0 Å². The SMILES string of the molecule is FC(F)(F)c1c(Cl)cccc1C1CCCCC1. The molecule has 0 atom stereocenters. The fourth-order valence-corrected chi connectivity index (χ4v) is 2.88. The molecule has 0 heterocycles. The molecular weight excluding hydrogens is 249 g/mol. The van der Waals surface area contributed by atoms with Crippen LogP contribution in [0.15, 0.2) is 18.2 Å². The first-order valence-electron chi connectivity index (χ1n) is 5.86. The lowest BCUT2D eigenvalue weighted by Crippen LogP contribution is -2.14. The van der Waals surface area contributed by atoms with Crippen LogP contribution in [0.4, 0.5) is 13.2 Å². The fourth-order valence-electron chi connectivity index (χ4n) is 2.59. The predicted octanol–water partition coefficient (Wildman–Crippen LogP) is 5.41. The molecule has 0 N–H and O–H groups in total. The van der Waals surface area contributed by atoms with Crippen molar-refractivity contribution in [3.05, 3.63) is 34.3 Å². The van der Waals surface area contributed by atoms with Gasteiger partial charge in [0.2, 0.25) is 0 Å². The molecule has 0 amide bonds. The molecule has 0 radical (unpaired) electrons. The Labute approximate surface area is 104 Å². The molecule has 94 valence electrons. The highest BCUT2D eigenvalue weighted by Crippen LogP contribution is 2.43. The Kier molecular flexibility index (Phi) is 3.67. The van der Waals surface area contributed by atoms with Crippen LogP contribution in [0.5, 0.6) is 0 Å². The zero-order valence-corrected chi connectivity index (χ0v) is 10.1. The van der Waals surface area contributed by atoms with E-state index in [-0.39, 0.29) is 10.9 Å². The Balaban J connectivity index is 2.42. The van der Waals surface area contributed by atoms with Gasteiger partial charge >= 0.3 is 6.18 Å². The van der Waals surface area contributed by atoms with Gasteiger partial charge < -0.3 is 0 Å². The molecule has 1 aliphatic carbocycles. The molecule has 0 nitrogen and oxygen atoms in total. The summed E-state index contributed by atoms with van der Waals surface area (Å²) in [4.78, 5) is 0. The van der Waals surface area contributed by atoms with E-state index in [4.69, 9.17) is 11.6 Å². The highest BCUT2D eigenvalue weighted by molar-refractivity contribution is 6.31. The summed E-state index contributed by atoms with van der Waals surface area (Å²) < 4.78 is 38.9. The topological polar surface area (TPSA) is 0 Å². The second-order valence-electron chi connectivity index (χ2n) is 4.54. The van der Waals surface area contributed by atoms with Crippen LogP contribution in [-0.4, -0.2) is 0 Å². The molecule has 1 aliphatic rings. The first-order chi connectivity index (χ1) is 8.00. The van der Waals surface area contributed by atoms with E-state index in [1.165, 1.54) is 6.07 Å². The molecular formula is C13H14ClF3. The van der Waals surface area contributed by atoms with E-state index in [0.29, 0.717) is 5.56 Å². The quantitative estimate of drug-likeness (QED) is 0.635. The van der Waals surface area contributed by atoms with E-state index in [1.54, 1.807) is 12.1 Å². The number of halogens is 4. The highest BCUT2D eigenvalue weighted by atomic mass is 35.5. The molecule has 0 saturated heterocycles. The minimum absolute atomic E-state index is 0.0130. The summed E-state index contributed by atoms with van der Waals surface area (Å²) in [6, 6.07) is 4.50. The number of rotatable bonds is 1. The molecule has 1 saturated carbocycles. The Morgan fingerprint density at radius 2 is 1.71 bits per heavy atom. The van der Waals surface area contributed by atoms with Crippen LogP contribution in [0.25, 0.3) is 0 Å². The number of benzene rings is 1. The largest absolute Gasteiger partial charge is 0.418 e. The second-order valence-corrected chi connectivity index (χ2v) is 4.94. The Morgan fingerprint density at radius 1 is 1.06 bits per heavy atom. The van der Waals surface area contributed by atoms with Crippen LogP contribution in [0.2, 0.25) is 5.02 Å². The van der Waals surface area contributed by atoms with Gasteiger partial charge in [-0.25, -0.2) is 0 Å². The maximum Gasteiger partial charge on any atom is 0.418 e. The third-order valence-corrected chi connectivity index (χ3v) is 3.69. The Morgan fingerprint density at radius 3 is 2.29 bits per heavy atom. The van der Waals surface area contributed by atoms with Crippen molar-refractivity contribution in [2.75, 3.05) is 0 Å². The van der Waals surface area contributed by atoms with Gasteiger partial charge in [0.05, 0.1) is 10.6 Å². The number of hydrogen-bond donors (Lipinski definition) is 0. The summed E-state index contributed by atoms with van der Waals surface area (Å²) in [5, 5.41) is -0.180. The van der Waals surface area contributed by atoms with Crippen LogP contribution in [-0.2, 0) is 6.18 Å². The highest BCUT2D eigenvalue weighted by Gasteiger charge is 2.37. The molecule has 0 bridgehead atoms. The van der Waals surface area contributed by atoms with E-state index in [0.717, 1.165) is 32.1 Å². The molecule has 17 heavy (non-hydrogen) atoms. The van der Waals surface area contributed by atoms with E-state index in [9.17, 15) is 13.2 Å². The average Bonchev–Trinajstić information content (AvgIpc) is 2.28. The van der Waals surface area contributed by atoms with Gasteiger partial charge in [-0.15, -0.1) is 0 Å². The van der Waals surface area contributed by atoms with Gasteiger partial charge in [-0.3, -0.25) is 0 Å². The van der Waals surface area contributed by atoms with E-state index in [2.05, 4.69) is 0 Å². The van der Waals surface area contributed by atoms with Crippen LogP contribution in [0, 0.1) is 0 Å². The van der Waals surface area contributed by atoms with Gasteiger partial charge in [0.1, 0.15) is 0 Å². The van der Waals surface area contributed by atoms with Crippen molar-refractivity contribution >= 4 is 11.6 Å². The predicted molar refractivity (Wildman–Crippen MR) is 62.3 cm³/mol. The van der Waals surface area contributed by atoms with Crippen molar-refractivity contribution in [3.63, 3.8) is 0 Å². The third kappa shape index (κ3) is 2.76. The summed E-state index contributed by atoms with van der Waals surface area (Å²) in [5.74, 6) is 0.0130.